The van der Waals surface area contributed by atoms with Gasteiger partial charge in [-0.25, -0.2) is 4.98 Å². The van der Waals surface area contributed by atoms with Crippen molar-refractivity contribution in [2.45, 2.75) is 44.2 Å². The number of hydrogen-bond donors (Lipinski definition) is 3. The SMILES string of the molecule is C=C1Nc2c(Cl)cc3cc(C(=O)NCc4cccc(F)n4)oc3c2C2(CCCCC2)N1. The summed E-state index contributed by atoms with van der Waals surface area (Å²) in [5, 5.41) is 10.8. The molecule has 2 aromatic heterocycles. The molecule has 3 heterocycles. The van der Waals surface area contributed by atoms with Crippen molar-refractivity contribution >= 4 is 34.2 Å². The fraction of sp³-hybridized carbons (Fsp3) is 0.304. The highest BCUT2D eigenvalue weighted by Gasteiger charge is 2.42. The Morgan fingerprint density at radius 3 is 2.87 bits per heavy atom. The molecular formula is C23H22ClFN4O2. The molecule has 2 aliphatic rings. The first-order valence-electron chi connectivity index (χ1n) is 10.4. The van der Waals surface area contributed by atoms with E-state index in [1.807, 2.05) is 0 Å². The first-order valence-corrected chi connectivity index (χ1v) is 10.7. The number of pyridine rings is 1. The zero-order chi connectivity index (χ0) is 21.6. The number of nitrogens with one attached hydrogen (secondary N) is 3. The second kappa shape index (κ2) is 7.57. The van der Waals surface area contributed by atoms with E-state index < -0.39 is 11.9 Å². The molecule has 160 valence electrons. The molecule has 3 N–H and O–H groups in total. The van der Waals surface area contributed by atoms with Gasteiger partial charge < -0.3 is 20.4 Å². The van der Waals surface area contributed by atoms with Crippen molar-refractivity contribution in [3.8, 4) is 0 Å². The molecule has 0 unspecified atom stereocenters. The van der Waals surface area contributed by atoms with E-state index in [0.29, 0.717) is 22.1 Å². The molecule has 6 nitrogen and oxygen atoms in total. The summed E-state index contributed by atoms with van der Waals surface area (Å²) in [5.41, 5.74) is 2.48. The Labute approximate surface area is 183 Å². The van der Waals surface area contributed by atoms with Crippen LogP contribution in [0.2, 0.25) is 5.02 Å². The maximum atomic E-state index is 13.3. The Hall–Kier alpha value is -3.06. The van der Waals surface area contributed by atoms with Crippen LogP contribution >= 0.6 is 11.6 Å². The van der Waals surface area contributed by atoms with E-state index in [1.165, 1.54) is 12.5 Å². The predicted molar refractivity (Wildman–Crippen MR) is 117 cm³/mol. The van der Waals surface area contributed by atoms with Crippen LogP contribution < -0.4 is 16.0 Å². The summed E-state index contributed by atoms with van der Waals surface area (Å²) in [6.45, 7) is 4.16. The molecule has 8 heteroatoms. The topological polar surface area (TPSA) is 79.2 Å². The Bertz CT molecular complexity index is 1200. The molecule has 31 heavy (non-hydrogen) atoms. The van der Waals surface area contributed by atoms with E-state index in [-0.39, 0.29) is 17.8 Å². The predicted octanol–water partition coefficient (Wildman–Crippen LogP) is 5.20. The zero-order valence-corrected chi connectivity index (χ0v) is 17.6. The van der Waals surface area contributed by atoms with Crippen molar-refractivity contribution in [2.75, 3.05) is 5.32 Å². The number of anilines is 1. The molecule has 1 aliphatic carbocycles. The van der Waals surface area contributed by atoms with Gasteiger partial charge in [-0.2, -0.15) is 4.39 Å². The molecule has 1 aliphatic heterocycles. The van der Waals surface area contributed by atoms with Gasteiger partial charge in [-0.1, -0.05) is 43.5 Å². The van der Waals surface area contributed by atoms with Crippen molar-refractivity contribution < 1.29 is 13.6 Å². The molecule has 0 bridgehead atoms. The van der Waals surface area contributed by atoms with Crippen LogP contribution in [-0.4, -0.2) is 10.9 Å². The van der Waals surface area contributed by atoms with Crippen LogP contribution in [0.3, 0.4) is 0 Å². The minimum absolute atomic E-state index is 0.0966. The summed E-state index contributed by atoms with van der Waals surface area (Å²) in [6, 6.07) is 7.95. The van der Waals surface area contributed by atoms with E-state index in [2.05, 4.69) is 27.5 Å². The van der Waals surface area contributed by atoms with Crippen LogP contribution in [-0.2, 0) is 12.1 Å². The average molecular weight is 441 g/mol. The van der Waals surface area contributed by atoms with Crippen molar-refractivity contribution in [3.05, 3.63) is 70.7 Å². The molecule has 5 rings (SSSR count). The minimum atomic E-state index is -0.587. The lowest BCUT2D eigenvalue weighted by Crippen LogP contribution is -2.48. The Balaban J connectivity index is 1.52. The van der Waals surface area contributed by atoms with Crippen LogP contribution in [0.4, 0.5) is 10.1 Å². The monoisotopic (exact) mass is 440 g/mol. The van der Waals surface area contributed by atoms with Crippen molar-refractivity contribution in [3.63, 3.8) is 0 Å². The van der Waals surface area contributed by atoms with Gasteiger partial charge in [-0.05, 0) is 37.1 Å². The highest BCUT2D eigenvalue weighted by molar-refractivity contribution is 6.34. The van der Waals surface area contributed by atoms with Crippen LogP contribution in [0.1, 0.15) is 53.9 Å². The molecule has 1 aromatic carbocycles. The quantitative estimate of drug-likeness (QED) is 0.488. The first kappa shape index (κ1) is 19.9. The van der Waals surface area contributed by atoms with Crippen LogP contribution in [0.25, 0.3) is 11.0 Å². The van der Waals surface area contributed by atoms with Gasteiger partial charge in [0.25, 0.3) is 5.91 Å². The lowest BCUT2D eigenvalue weighted by molar-refractivity contribution is 0.0924. The maximum absolute atomic E-state index is 13.3. The van der Waals surface area contributed by atoms with Crippen molar-refractivity contribution in [2.24, 2.45) is 0 Å². The Morgan fingerprint density at radius 1 is 1.29 bits per heavy atom. The third-order valence-corrected chi connectivity index (χ3v) is 6.34. The van der Waals surface area contributed by atoms with E-state index >= 15 is 0 Å². The smallest absolute Gasteiger partial charge is 0.287 e. The molecule has 0 saturated heterocycles. The molecule has 1 fully saturated rings. The fourth-order valence-electron chi connectivity index (χ4n) is 4.71. The largest absolute Gasteiger partial charge is 0.450 e. The van der Waals surface area contributed by atoms with Crippen LogP contribution in [0.5, 0.6) is 0 Å². The van der Waals surface area contributed by atoms with Crippen LogP contribution in [0, 0.1) is 5.95 Å². The van der Waals surface area contributed by atoms with Gasteiger partial charge in [-0.3, -0.25) is 4.79 Å². The van der Waals surface area contributed by atoms with Gasteiger partial charge in [0.1, 0.15) is 5.58 Å². The summed E-state index contributed by atoms with van der Waals surface area (Å²) >= 11 is 6.62. The van der Waals surface area contributed by atoms with Gasteiger partial charge in [0.2, 0.25) is 5.95 Å². The summed E-state index contributed by atoms with van der Waals surface area (Å²) in [5.74, 6) is -0.101. The Kier molecular flexibility index (Phi) is 4.85. The molecule has 1 spiro atoms. The number of fused-ring (bicyclic) bond motifs is 4. The number of furan rings is 1. The first-order chi connectivity index (χ1) is 14.9. The second-order valence-corrected chi connectivity index (χ2v) is 8.55. The lowest BCUT2D eigenvalue weighted by Gasteiger charge is -2.44. The molecule has 1 saturated carbocycles. The Morgan fingerprint density at radius 2 is 2.10 bits per heavy atom. The van der Waals surface area contributed by atoms with Crippen molar-refractivity contribution in [1.82, 2.24) is 15.6 Å². The van der Waals surface area contributed by atoms with E-state index in [4.69, 9.17) is 16.0 Å². The number of amides is 1. The average Bonchev–Trinajstić information content (AvgIpc) is 3.16. The van der Waals surface area contributed by atoms with Gasteiger partial charge in [-0.15, -0.1) is 0 Å². The third-order valence-electron chi connectivity index (χ3n) is 6.04. The second-order valence-electron chi connectivity index (χ2n) is 8.14. The van der Waals surface area contributed by atoms with Gasteiger partial charge in [0.15, 0.2) is 5.76 Å². The summed E-state index contributed by atoms with van der Waals surface area (Å²) in [7, 11) is 0. The van der Waals surface area contributed by atoms with E-state index in [1.54, 1.807) is 24.3 Å². The van der Waals surface area contributed by atoms with E-state index in [9.17, 15) is 9.18 Å². The number of carbonyl (C=O) groups excluding carboxylic acids is 1. The van der Waals surface area contributed by atoms with Gasteiger partial charge >= 0.3 is 0 Å². The number of aromatic nitrogens is 1. The number of nitrogens with zero attached hydrogens (tertiary/aromatic N) is 1. The fourth-order valence-corrected chi connectivity index (χ4v) is 4.97. The number of benzene rings is 1. The van der Waals surface area contributed by atoms with Gasteiger partial charge in [0.05, 0.1) is 34.3 Å². The standard InChI is InChI=1S/C23H22ClFN4O2/c1-13-27-20-16(24)10-14-11-17(22(30)26-12-15-6-5-7-18(25)28-15)31-21(14)19(20)23(29-13)8-3-2-4-9-23/h5-7,10-11,27,29H,1-4,8-9,12H2,(H,26,30). The van der Waals surface area contributed by atoms with Crippen LogP contribution in [0.15, 0.2) is 47.1 Å². The highest BCUT2D eigenvalue weighted by atomic mass is 35.5. The summed E-state index contributed by atoms with van der Waals surface area (Å²) in [4.78, 5) is 16.5. The van der Waals surface area contributed by atoms with Crippen molar-refractivity contribution in [1.29, 1.82) is 0 Å². The summed E-state index contributed by atoms with van der Waals surface area (Å²) < 4.78 is 19.4. The number of carbonyl (C=O) groups is 1. The maximum Gasteiger partial charge on any atom is 0.287 e. The number of rotatable bonds is 3. The number of hydrogen-bond acceptors (Lipinski definition) is 5. The molecular weight excluding hydrogens is 419 g/mol. The zero-order valence-electron chi connectivity index (χ0n) is 16.9. The molecule has 0 radical (unpaired) electrons. The highest BCUT2D eigenvalue weighted by Crippen LogP contribution is 2.49. The normalized spacial score (nSPS) is 17.2. The number of halogens is 2. The third kappa shape index (κ3) is 3.53. The molecule has 0 atom stereocenters. The van der Waals surface area contributed by atoms with Gasteiger partial charge in [0, 0.05) is 10.9 Å². The lowest BCUT2D eigenvalue weighted by atomic mass is 9.74. The molecule has 1 amide bonds. The minimum Gasteiger partial charge on any atom is -0.450 e. The molecule has 3 aromatic rings. The summed E-state index contributed by atoms with van der Waals surface area (Å²) in [6.07, 6.45) is 5.22. The van der Waals surface area contributed by atoms with E-state index in [0.717, 1.165) is 42.3 Å².